The minimum atomic E-state index is -0.00873. The molecule has 1 fully saturated rings. The number of hydrogen-bond donors (Lipinski definition) is 1. The first-order chi connectivity index (χ1) is 13.8. The second kappa shape index (κ2) is 8.35. The zero-order valence-electron chi connectivity index (χ0n) is 15.7. The van der Waals surface area contributed by atoms with Crippen LogP contribution in [0, 0.1) is 0 Å². The quantitative estimate of drug-likeness (QED) is 0.695. The Balaban J connectivity index is 1.68. The Kier molecular flexibility index (Phi) is 5.48. The molecule has 1 atom stereocenters. The number of aromatic nitrogens is 3. The molecule has 3 aromatic heterocycles. The van der Waals surface area contributed by atoms with Gasteiger partial charge < -0.3 is 10.0 Å². The lowest BCUT2D eigenvalue weighted by Crippen LogP contribution is -2.43. The molecule has 4 heterocycles. The normalized spacial score (nSPS) is 17.5. The third kappa shape index (κ3) is 3.68. The largest absolute Gasteiger partial charge is 0.396 e. The summed E-state index contributed by atoms with van der Waals surface area (Å²) in [6.07, 6.45) is 12.6. The Hall–Kier alpha value is -2.99. The van der Waals surface area contributed by atoms with Crippen LogP contribution >= 0.6 is 0 Å². The van der Waals surface area contributed by atoms with Crippen LogP contribution in [0.4, 0.5) is 0 Å². The molecule has 1 aliphatic heterocycles. The highest BCUT2D eigenvalue weighted by molar-refractivity contribution is 5.95. The zero-order chi connectivity index (χ0) is 19.3. The second-order valence-corrected chi connectivity index (χ2v) is 7.06. The van der Waals surface area contributed by atoms with E-state index in [0.29, 0.717) is 6.42 Å². The van der Waals surface area contributed by atoms with Crippen molar-refractivity contribution < 1.29 is 9.90 Å². The summed E-state index contributed by atoms with van der Waals surface area (Å²) in [5.74, 6) is -0.00873. The van der Waals surface area contributed by atoms with E-state index in [2.05, 4.69) is 10.1 Å². The van der Waals surface area contributed by atoms with Crippen LogP contribution in [-0.2, 0) is 4.79 Å². The van der Waals surface area contributed by atoms with E-state index in [1.54, 1.807) is 18.5 Å². The number of fused-ring (bicyclic) bond motifs is 1. The maximum Gasteiger partial charge on any atom is 0.246 e. The first kappa shape index (κ1) is 18.4. The third-order valence-corrected chi connectivity index (χ3v) is 5.28. The average Bonchev–Trinajstić information content (AvgIpc) is 3.12. The molecule has 6 nitrogen and oxygen atoms in total. The lowest BCUT2D eigenvalue weighted by molar-refractivity contribution is -0.129. The number of amides is 1. The maximum absolute atomic E-state index is 12.9. The van der Waals surface area contributed by atoms with Crippen molar-refractivity contribution in [2.45, 2.75) is 31.7 Å². The van der Waals surface area contributed by atoms with Gasteiger partial charge in [0.25, 0.3) is 0 Å². The molecule has 1 N–H and O–H groups in total. The highest BCUT2D eigenvalue weighted by Crippen LogP contribution is 2.27. The molecule has 144 valence electrons. The van der Waals surface area contributed by atoms with Crippen LogP contribution in [0.5, 0.6) is 0 Å². The minimum Gasteiger partial charge on any atom is -0.396 e. The number of pyridine rings is 2. The van der Waals surface area contributed by atoms with Gasteiger partial charge in [-0.05, 0) is 56.0 Å². The Labute approximate surface area is 164 Å². The van der Waals surface area contributed by atoms with Gasteiger partial charge in [0.15, 0.2) is 0 Å². The van der Waals surface area contributed by atoms with Gasteiger partial charge in [0, 0.05) is 55.0 Å². The molecule has 4 rings (SSSR count). The first-order valence-corrected chi connectivity index (χ1v) is 9.75. The maximum atomic E-state index is 12.9. The number of aliphatic hydroxyl groups is 1. The summed E-state index contributed by atoms with van der Waals surface area (Å²) in [5.41, 5.74) is 3.55. The summed E-state index contributed by atoms with van der Waals surface area (Å²) in [6.45, 7) is 0.857. The SMILES string of the molecule is O=C(/C=C/c1c(-c2cccnc2)nn2ccccc12)N1CCCC[C@@H]1CCO. The van der Waals surface area contributed by atoms with Crippen molar-refractivity contribution in [3.8, 4) is 11.3 Å². The number of piperidine rings is 1. The van der Waals surface area contributed by atoms with Gasteiger partial charge in [0.2, 0.25) is 5.91 Å². The van der Waals surface area contributed by atoms with Crippen LogP contribution in [-0.4, -0.2) is 49.7 Å². The number of nitrogens with zero attached hydrogens (tertiary/aromatic N) is 4. The number of likely N-dealkylation sites (tertiary alicyclic amines) is 1. The Morgan fingerprint density at radius 1 is 1.25 bits per heavy atom. The predicted octanol–water partition coefficient (Wildman–Crippen LogP) is 3.17. The van der Waals surface area contributed by atoms with Crippen molar-refractivity contribution in [3.63, 3.8) is 0 Å². The van der Waals surface area contributed by atoms with Gasteiger partial charge in [0.05, 0.1) is 5.52 Å². The van der Waals surface area contributed by atoms with Crippen molar-refractivity contribution in [2.75, 3.05) is 13.2 Å². The standard InChI is InChI=1S/C22H24N4O2/c27-15-11-18-7-1-3-13-25(18)21(28)10-9-19-20-8-2-4-14-26(20)24-22(19)17-6-5-12-23-16-17/h2,4-6,8-10,12,14,16,18,27H,1,3,7,11,13,15H2/b10-9+/t18-/m1/s1. The highest BCUT2D eigenvalue weighted by atomic mass is 16.3. The number of hydrogen-bond acceptors (Lipinski definition) is 4. The predicted molar refractivity (Wildman–Crippen MR) is 109 cm³/mol. The molecule has 0 aliphatic carbocycles. The molecular weight excluding hydrogens is 352 g/mol. The van der Waals surface area contributed by atoms with E-state index in [1.807, 2.05) is 52.0 Å². The lowest BCUT2D eigenvalue weighted by Gasteiger charge is -2.34. The smallest absolute Gasteiger partial charge is 0.246 e. The number of rotatable bonds is 5. The average molecular weight is 376 g/mol. The summed E-state index contributed by atoms with van der Waals surface area (Å²) in [5, 5.41) is 14.0. The Morgan fingerprint density at radius 2 is 2.18 bits per heavy atom. The molecule has 3 aromatic rings. The van der Waals surface area contributed by atoms with Crippen molar-refractivity contribution in [3.05, 3.63) is 60.6 Å². The summed E-state index contributed by atoms with van der Waals surface area (Å²) in [6, 6.07) is 9.86. The molecule has 0 radical (unpaired) electrons. The first-order valence-electron chi connectivity index (χ1n) is 9.75. The molecule has 0 unspecified atom stereocenters. The molecule has 0 bridgehead atoms. The van der Waals surface area contributed by atoms with Crippen LogP contribution in [0.25, 0.3) is 22.9 Å². The van der Waals surface area contributed by atoms with Gasteiger partial charge in [-0.25, -0.2) is 4.52 Å². The van der Waals surface area contributed by atoms with E-state index in [4.69, 9.17) is 0 Å². The van der Waals surface area contributed by atoms with Gasteiger partial charge >= 0.3 is 0 Å². The van der Waals surface area contributed by atoms with Gasteiger partial charge in [0.1, 0.15) is 5.69 Å². The number of aliphatic hydroxyl groups excluding tert-OH is 1. The monoisotopic (exact) mass is 376 g/mol. The Bertz CT molecular complexity index is 979. The van der Waals surface area contributed by atoms with Gasteiger partial charge in [-0.15, -0.1) is 0 Å². The van der Waals surface area contributed by atoms with E-state index in [-0.39, 0.29) is 18.6 Å². The topological polar surface area (TPSA) is 70.7 Å². The van der Waals surface area contributed by atoms with E-state index in [1.165, 1.54) is 0 Å². The highest BCUT2D eigenvalue weighted by Gasteiger charge is 2.25. The van der Waals surface area contributed by atoms with Crippen LogP contribution in [0.3, 0.4) is 0 Å². The molecule has 28 heavy (non-hydrogen) atoms. The van der Waals surface area contributed by atoms with Crippen molar-refractivity contribution in [2.24, 2.45) is 0 Å². The lowest BCUT2D eigenvalue weighted by atomic mass is 9.99. The van der Waals surface area contributed by atoms with Gasteiger partial charge in [-0.3, -0.25) is 9.78 Å². The van der Waals surface area contributed by atoms with E-state index < -0.39 is 0 Å². The van der Waals surface area contributed by atoms with Gasteiger partial charge in [-0.2, -0.15) is 5.10 Å². The zero-order valence-corrected chi connectivity index (χ0v) is 15.7. The van der Waals surface area contributed by atoms with Crippen LogP contribution in [0.1, 0.15) is 31.2 Å². The number of carbonyl (C=O) groups is 1. The number of carbonyl (C=O) groups excluding carboxylic acids is 1. The Morgan fingerprint density at radius 3 is 3.00 bits per heavy atom. The molecule has 6 heteroatoms. The fraction of sp³-hybridized carbons (Fsp3) is 0.318. The van der Waals surface area contributed by atoms with Crippen molar-refractivity contribution in [1.29, 1.82) is 0 Å². The summed E-state index contributed by atoms with van der Waals surface area (Å²) in [7, 11) is 0. The summed E-state index contributed by atoms with van der Waals surface area (Å²) < 4.78 is 1.82. The second-order valence-electron chi connectivity index (χ2n) is 7.06. The van der Waals surface area contributed by atoms with E-state index in [9.17, 15) is 9.90 Å². The van der Waals surface area contributed by atoms with E-state index in [0.717, 1.165) is 48.1 Å². The van der Waals surface area contributed by atoms with Crippen molar-refractivity contribution in [1.82, 2.24) is 19.5 Å². The molecular formula is C22H24N4O2. The van der Waals surface area contributed by atoms with Crippen LogP contribution in [0.15, 0.2) is 55.0 Å². The van der Waals surface area contributed by atoms with Crippen LogP contribution in [0.2, 0.25) is 0 Å². The molecule has 0 saturated carbocycles. The minimum absolute atomic E-state index is 0.00873. The molecule has 1 saturated heterocycles. The fourth-order valence-electron chi connectivity index (χ4n) is 3.89. The van der Waals surface area contributed by atoms with Crippen LogP contribution < -0.4 is 0 Å². The van der Waals surface area contributed by atoms with Gasteiger partial charge in [-0.1, -0.05) is 6.07 Å². The third-order valence-electron chi connectivity index (χ3n) is 5.28. The molecule has 1 aliphatic rings. The van der Waals surface area contributed by atoms with E-state index >= 15 is 0 Å². The van der Waals surface area contributed by atoms with Crippen molar-refractivity contribution >= 4 is 17.5 Å². The molecule has 0 aromatic carbocycles. The molecule has 0 spiro atoms. The summed E-state index contributed by atoms with van der Waals surface area (Å²) in [4.78, 5) is 19.0. The summed E-state index contributed by atoms with van der Waals surface area (Å²) >= 11 is 0. The fourth-order valence-corrected chi connectivity index (χ4v) is 3.89. The molecule has 1 amide bonds.